The van der Waals surface area contributed by atoms with Crippen molar-refractivity contribution in [3.63, 3.8) is 0 Å². The molecule has 3 heterocycles. The second-order valence-electron chi connectivity index (χ2n) is 7.04. The van der Waals surface area contributed by atoms with E-state index >= 15 is 0 Å². The average Bonchev–Trinajstić information content (AvgIpc) is 2.67. The molecule has 144 valence electrons. The number of benzene rings is 1. The van der Waals surface area contributed by atoms with E-state index in [1.54, 1.807) is 13.0 Å². The highest BCUT2D eigenvalue weighted by molar-refractivity contribution is 6.06. The topological polar surface area (TPSA) is 111 Å². The van der Waals surface area contributed by atoms with Crippen LogP contribution < -0.4 is 21.3 Å². The number of hydrogen-bond donors (Lipinski definition) is 3. The fraction of sp³-hybridized carbons (Fsp3) is 0.300. The molecule has 1 amide bonds. The van der Waals surface area contributed by atoms with Gasteiger partial charge in [0.2, 0.25) is 11.5 Å². The second-order valence-corrected chi connectivity index (χ2v) is 7.04. The van der Waals surface area contributed by atoms with Crippen LogP contribution in [0.5, 0.6) is 0 Å². The number of amides is 1. The Morgan fingerprint density at radius 3 is 2.57 bits per heavy atom. The molecule has 3 N–H and O–H groups in total. The van der Waals surface area contributed by atoms with Gasteiger partial charge in [0, 0.05) is 47.9 Å². The smallest absolute Gasteiger partial charge is 0.252 e. The van der Waals surface area contributed by atoms with E-state index in [1.807, 2.05) is 23.1 Å². The van der Waals surface area contributed by atoms with E-state index in [-0.39, 0.29) is 23.1 Å². The molecule has 0 atom stereocenters. The standard InChI is InChI=1S/C20H21N5O3/c1-12-10-17(26)24-20(21-12)25-8-6-13(7-9-25)22-19(28)15-11-18(27)23-16-5-3-2-4-14(15)16/h2-5,10-11,13H,6-9H2,1H3,(H,22,28)(H,23,27)(H,21,24,26). The van der Waals surface area contributed by atoms with Crippen LogP contribution in [0.2, 0.25) is 0 Å². The Balaban J connectivity index is 1.46. The van der Waals surface area contributed by atoms with Gasteiger partial charge < -0.3 is 15.2 Å². The minimum Gasteiger partial charge on any atom is -0.349 e. The van der Waals surface area contributed by atoms with Crippen molar-refractivity contribution in [1.82, 2.24) is 20.3 Å². The highest BCUT2D eigenvalue weighted by atomic mass is 16.2. The monoisotopic (exact) mass is 379 g/mol. The van der Waals surface area contributed by atoms with E-state index in [9.17, 15) is 14.4 Å². The maximum atomic E-state index is 12.8. The number of pyridine rings is 1. The molecule has 1 aliphatic rings. The number of piperidine rings is 1. The molecule has 1 saturated heterocycles. The summed E-state index contributed by atoms with van der Waals surface area (Å²) >= 11 is 0. The number of aryl methyl sites for hydroxylation is 1. The minimum atomic E-state index is -0.298. The zero-order valence-electron chi connectivity index (χ0n) is 15.5. The molecule has 0 radical (unpaired) electrons. The van der Waals surface area contributed by atoms with Gasteiger partial charge in [-0.1, -0.05) is 18.2 Å². The largest absolute Gasteiger partial charge is 0.349 e. The van der Waals surface area contributed by atoms with E-state index in [4.69, 9.17) is 0 Å². The molecular weight excluding hydrogens is 358 g/mol. The van der Waals surface area contributed by atoms with Crippen LogP contribution in [-0.4, -0.2) is 40.0 Å². The van der Waals surface area contributed by atoms with Gasteiger partial charge in [-0.15, -0.1) is 0 Å². The number of rotatable bonds is 3. The summed E-state index contributed by atoms with van der Waals surface area (Å²) < 4.78 is 0. The normalized spacial score (nSPS) is 15.0. The highest BCUT2D eigenvalue weighted by Crippen LogP contribution is 2.18. The van der Waals surface area contributed by atoms with Gasteiger partial charge in [0.1, 0.15) is 0 Å². The minimum absolute atomic E-state index is 0.00155. The Morgan fingerprint density at radius 1 is 1.11 bits per heavy atom. The molecule has 2 aromatic heterocycles. The Morgan fingerprint density at radius 2 is 1.82 bits per heavy atom. The van der Waals surface area contributed by atoms with Crippen LogP contribution in [0.15, 0.2) is 46.0 Å². The summed E-state index contributed by atoms with van der Waals surface area (Å²) in [5.41, 5.74) is 1.23. The first kappa shape index (κ1) is 18.0. The van der Waals surface area contributed by atoms with Gasteiger partial charge >= 0.3 is 0 Å². The molecule has 28 heavy (non-hydrogen) atoms. The highest BCUT2D eigenvalue weighted by Gasteiger charge is 2.23. The molecule has 1 aliphatic heterocycles. The molecule has 0 aliphatic carbocycles. The fourth-order valence-electron chi connectivity index (χ4n) is 3.60. The number of anilines is 1. The van der Waals surface area contributed by atoms with Crippen LogP contribution in [-0.2, 0) is 0 Å². The average molecular weight is 379 g/mol. The lowest BCUT2D eigenvalue weighted by atomic mass is 10.0. The Kier molecular flexibility index (Phi) is 4.68. The number of nitrogens with zero attached hydrogens (tertiary/aromatic N) is 2. The summed E-state index contributed by atoms with van der Waals surface area (Å²) in [4.78, 5) is 48.2. The quantitative estimate of drug-likeness (QED) is 0.636. The van der Waals surface area contributed by atoms with Crippen LogP contribution in [0.25, 0.3) is 10.9 Å². The SMILES string of the molecule is Cc1cc(=O)[nH]c(N2CCC(NC(=O)c3cc(=O)[nH]c4ccccc34)CC2)n1. The van der Waals surface area contributed by atoms with E-state index in [0.29, 0.717) is 35.8 Å². The first-order chi connectivity index (χ1) is 13.5. The summed E-state index contributed by atoms with van der Waals surface area (Å²) in [6.45, 7) is 3.14. The molecule has 3 aromatic rings. The predicted octanol–water partition coefficient (Wildman–Crippen LogP) is 1.32. The zero-order valence-corrected chi connectivity index (χ0v) is 15.5. The predicted molar refractivity (Wildman–Crippen MR) is 107 cm³/mol. The van der Waals surface area contributed by atoms with Gasteiger partial charge in [-0.05, 0) is 25.8 Å². The van der Waals surface area contributed by atoms with Gasteiger partial charge in [-0.2, -0.15) is 0 Å². The molecule has 0 spiro atoms. The molecule has 0 unspecified atom stereocenters. The van der Waals surface area contributed by atoms with Gasteiger partial charge in [-0.25, -0.2) is 4.98 Å². The van der Waals surface area contributed by atoms with E-state index in [0.717, 1.165) is 18.2 Å². The molecular formula is C20H21N5O3. The number of aromatic nitrogens is 3. The summed E-state index contributed by atoms with van der Waals surface area (Å²) in [7, 11) is 0. The number of H-pyrrole nitrogens is 2. The first-order valence-corrected chi connectivity index (χ1v) is 9.25. The third-order valence-electron chi connectivity index (χ3n) is 4.98. The fourth-order valence-corrected chi connectivity index (χ4v) is 3.60. The molecule has 4 rings (SSSR count). The molecule has 0 saturated carbocycles. The summed E-state index contributed by atoms with van der Waals surface area (Å²) in [5, 5.41) is 3.76. The van der Waals surface area contributed by atoms with Gasteiger partial charge in [-0.3, -0.25) is 19.4 Å². The molecule has 1 fully saturated rings. The van der Waals surface area contributed by atoms with Crippen molar-refractivity contribution in [3.8, 4) is 0 Å². The molecule has 8 heteroatoms. The van der Waals surface area contributed by atoms with Gasteiger partial charge in [0.15, 0.2) is 0 Å². The molecule has 1 aromatic carbocycles. The van der Waals surface area contributed by atoms with Crippen LogP contribution >= 0.6 is 0 Å². The first-order valence-electron chi connectivity index (χ1n) is 9.25. The van der Waals surface area contributed by atoms with Crippen molar-refractivity contribution >= 4 is 22.8 Å². The van der Waals surface area contributed by atoms with Crippen LogP contribution in [0.4, 0.5) is 5.95 Å². The van der Waals surface area contributed by atoms with Crippen LogP contribution in [0.1, 0.15) is 28.9 Å². The number of carbonyl (C=O) groups is 1. The van der Waals surface area contributed by atoms with Crippen molar-refractivity contribution in [1.29, 1.82) is 0 Å². The third-order valence-corrected chi connectivity index (χ3v) is 4.98. The van der Waals surface area contributed by atoms with Crippen molar-refractivity contribution in [3.05, 3.63) is 68.4 Å². The number of para-hydroxylation sites is 1. The Hall–Kier alpha value is -3.42. The van der Waals surface area contributed by atoms with E-state index in [2.05, 4.69) is 20.3 Å². The summed E-state index contributed by atoms with van der Waals surface area (Å²) in [6.07, 6.45) is 1.45. The maximum Gasteiger partial charge on any atom is 0.252 e. The van der Waals surface area contributed by atoms with Crippen molar-refractivity contribution < 1.29 is 4.79 Å². The third kappa shape index (κ3) is 3.66. The number of fused-ring (bicyclic) bond motifs is 1. The summed E-state index contributed by atoms with van der Waals surface area (Å²) in [5.74, 6) is 0.318. The maximum absolute atomic E-state index is 12.8. The summed E-state index contributed by atoms with van der Waals surface area (Å²) in [6, 6.07) is 10.1. The number of carbonyl (C=O) groups excluding carboxylic acids is 1. The van der Waals surface area contributed by atoms with E-state index < -0.39 is 0 Å². The van der Waals surface area contributed by atoms with Crippen LogP contribution in [0.3, 0.4) is 0 Å². The Bertz CT molecular complexity index is 1140. The lowest BCUT2D eigenvalue weighted by molar-refractivity contribution is 0.0932. The lowest BCUT2D eigenvalue weighted by Gasteiger charge is -2.32. The number of nitrogens with one attached hydrogen (secondary N) is 3. The Labute approximate surface area is 160 Å². The number of aromatic amines is 2. The lowest BCUT2D eigenvalue weighted by Crippen LogP contribution is -2.45. The van der Waals surface area contributed by atoms with Crippen LogP contribution in [0, 0.1) is 6.92 Å². The van der Waals surface area contributed by atoms with Crippen molar-refractivity contribution in [2.24, 2.45) is 0 Å². The van der Waals surface area contributed by atoms with Gasteiger partial charge in [0.25, 0.3) is 11.5 Å². The van der Waals surface area contributed by atoms with Crippen molar-refractivity contribution in [2.45, 2.75) is 25.8 Å². The number of hydrogen-bond acceptors (Lipinski definition) is 5. The van der Waals surface area contributed by atoms with E-state index in [1.165, 1.54) is 12.1 Å². The second kappa shape index (κ2) is 7.30. The van der Waals surface area contributed by atoms with Gasteiger partial charge in [0.05, 0.1) is 5.56 Å². The van der Waals surface area contributed by atoms with Crippen molar-refractivity contribution in [2.75, 3.05) is 18.0 Å². The zero-order chi connectivity index (χ0) is 19.7. The molecule has 0 bridgehead atoms. The molecule has 8 nitrogen and oxygen atoms in total.